The van der Waals surface area contributed by atoms with Crippen molar-refractivity contribution >= 4 is 17.2 Å². The van der Waals surface area contributed by atoms with Crippen molar-refractivity contribution in [2.75, 3.05) is 11.1 Å². The van der Waals surface area contributed by atoms with E-state index >= 15 is 0 Å². The van der Waals surface area contributed by atoms with Crippen LogP contribution in [-0.4, -0.2) is 4.98 Å². The Balaban J connectivity index is 2.40. The van der Waals surface area contributed by atoms with E-state index in [1.807, 2.05) is 18.2 Å². The normalized spacial score (nSPS) is 9.05. The highest BCUT2D eigenvalue weighted by Gasteiger charge is 2.08. The average Bonchev–Trinajstić information content (AvgIpc) is 2.49. The predicted molar refractivity (Wildman–Crippen MR) is 72.5 cm³/mol. The molecule has 1 aromatic heterocycles. The van der Waals surface area contributed by atoms with Crippen molar-refractivity contribution in [3.05, 3.63) is 47.2 Å². The van der Waals surface area contributed by atoms with Gasteiger partial charge in [-0.25, -0.2) is 4.98 Å². The van der Waals surface area contributed by atoms with E-state index in [0.717, 1.165) is 0 Å². The van der Waals surface area contributed by atoms with Gasteiger partial charge in [0, 0.05) is 11.9 Å². The highest BCUT2D eigenvalue weighted by Crippen LogP contribution is 2.24. The average molecular weight is 260 g/mol. The number of nitrogens with two attached hydrogens (primary N) is 1. The fourth-order valence-corrected chi connectivity index (χ4v) is 1.62. The largest absolute Gasteiger partial charge is 0.395 e. The first-order chi connectivity index (χ1) is 9.69. The fraction of sp³-hybridized carbons (Fsp3) is 0. The first kappa shape index (κ1) is 12.9. The zero-order chi connectivity index (χ0) is 14.5. The van der Waals surface area contributed by atoms with Gasteiger partial charge in [-0.05, 0) is 24.3 Å². The van der Waals surface area contributed by atoms with Crippen LogP contribution in [0.1, 0.15) is 16.7 Å². The zero-order valence-electron chi connectivity index (χ0n) is 10.3. The van der Waals surface area contributed by atoms with Crippen molar-refractivity contribution in [2.24, 2.45) is 0 Å². The molecule has 3 N–H and O–H groups in total. The summed E-state index contributed by atoms with van der Waals surface area (Å²) in [7, 11) is 0. The molecule has 6 heteroatoms. The molecule has 0 fully saturated rings. The summed E-state index contributed by atoms with van der Waals surface area (Å²) in [4.78, 5) is 4.05. The molecular weight excluding hydrogens is 252 g/mol. The van der Waals surface area contributed by atoms with Crippen LogP contribution in [0.25, 0.3) is 0 Å². The quantitative estimate of drug-likeness (QED) is 0.851. The van der Waals surface area contributed by atoms with Crippen LogP contribution < -0.4 is 11.1 Å². The SMILES string of the molecule is N#Cc1ccc(Nc2nccc(C#N)c2N)cc1C#N. The van der Waals surface area contributed by atoms with E-state index in [2.05, 4.69) is 10.3 Å². The van der Waals surface area contributed by atoms with Gasteiger partial charge in [0.15, 0.2) is 5.82 Å². The summed E-state index contributed by atoms with van der Waals surface area (Å²) in [6.07, 6.45) is 1.46. The molecule has 0 aliphatic rings. The monoisotopic (exact) mass is 260 g/mol. The molecule has 0 spiro atoms. The lowest BCUT2D eigenvalue weighted by Gasteiger charge is -2.09. The lowest BCUT2D eigenvalue weighted by Crippen LogP contribution is -2.01. The molecule has 1 aromatic carbocycles. The second-order valence-corrected chi connectivity index (χ2v) is 3.84. The molecule has 0 saturated heterocycles. The van der Waals surface area contributed by atoms with Gasteiger partial charge in [-0.3, -0.25) is 0 Å². The maximum atomic E-state index is 8.96. The topological polar surface area (TPSA) is 122 Å². The minimum atomic E-state index is 0.234. The van der Waals surface area contributed by atoms with E-state index in [4.69, 9.17) is 21.5 Å². The van der Waals surface area contributed by atoms with E-state index in [9.17, 15) is 0 Å². The van der Waals surface area contributed by atoms with Crippen molar-refractivity contribution in [2.45, 2.75) is 0 Å². The number of nitrogen functional groups attached to an aromatic ring is 1. The Bertz CT molecular complexity index is 789. The van der Waals surface area contributed by atoms with E-state index in [1.54, 1.807) is 6.07 Å². The number of aromatic nitrogens is 1. The maximum absolute atomic E-state index is 8.96. The van der Waals surface area contributed by atoms with Crippen LogP contribution >= 0.6 is 0 Å². The molecule has 94 valence electrons. The molecule has 0 amide bonds. The Morgan fingerprint density at radius 3 is 2.30 bits per heavy atom. The van der Waals surface area contributed by atoms with Gasteiger partial charge >= 0.3 is 0 Å². The summed E-state index contributed by atoms with van der Waals surface area (Å²) in [6.45, 7) is 0. The molecule has 20 heavy (non-hydrogen) atoms. The third-order valence-corrected chi connectivity index (χ3v) is 2.63. The van der Waals surface area contributed by atoms with Gasteiger partial charge in [0.1, 0.15) is 18.2 Å². The van der Waals surface area contributed by atoms with E-state index in [0.29, 0.717) is 22.6 Å². The molecule has 2 aromatic rings. The van der Waals surface area contributed by atoms with Crippen molar-refractivity contribution in [1.29, 1.82) is 15.8 Å². The molecule has 0 saturated carbocycles. The number of nitrogens with zero attached hydrogens (tertiary/aromatic N) is 4. The van der Waals surface area contributed by atoms with Crippen molar-refractivity contribution in [3.63, 3.8) is 0 Å². The molecule has 0 atom stereocenters. The molecular formula is C14H8N6. The number of rotatable bonds is 2. The highest BCUT2D eigenvalue weighted by atomic mass is 15.0. The third-order valence-electron chi connectivity index (χ3n) is 2.63. The summed E-state index contributed by atoms with van der Waals surface area (Å²) in [5, 5.41) is 29.6. The first-order valence-electron chi connectivity index (χ1n) is 5.55. The lowest BCUT2D eigenvalue weighted by atomic mass is 10.1. The second-order valence-electron chi connectivity index (χ2n) is 3.84. The molecule has 1 heterocycles. The van der Waals surface area contributed by atoms with Crippen LogP contribution in [0.3, 0.4) is 0 Å². The maximum Gasteiger partial charge on any atom is 0.154 e. The first-order valence-corrected chi connectivity index (χ1v) is 5.55. The van der Waals surface area contributed by atoms with Gasteiger partial charge in [-0.1, -0.05) is 0 Å². The Hall–Kier alpha value is -3.56. The van der Waals surface area contributed by atoms with Gasteiger partial charge in [0.2, 0.25) is 0 Å². The van der Waals surface area contributed by atoms with E-state index in [-0.39, 0.29) is 11.3 Å². The van der Waals surface area contributed by atoms with Crippen LogP contribution in [0.4, 0.5) is 17.2 Å². The molecule has 6 nitrogen and oxygen atoms in total. The number of hydrogen-bond donors (Lipinski definition) is 2. The highest BCUT2D eigenvalue weighted by molar-refractivity contribution is 5.74. The van der Waals surface area contributed by atoms with Crippen LogP contribution in [0.2, 0.25) is 0 Å². The molecule has 2 rings (SSSR count). The summed E-state index contributed by atoms with van der Waals surface area (Å²) >= 11 is 0. The third kappa shape index (κ3) is 2.33. The minimum absolute atomic E-state index is 0.234. The van der Waals surface area contributed by atoms with Gasteiger partial charge < -0.3 is 11.1 Å². The van der Waals surface area contributed by atoms with Crippen molar-refractivity contribution in [1.82, 2.24) is 4.98 Å². The van der Waals surface area contributed by atoms with E-state index in [1.165, 1.54) is 24.4 Å². The number of benzene rings is 1. The molecule has 0 unspecified atom stereocenters. The van der Waals surface area contributed by atoms with Gasteiger partial charge in [-0.15, -0.1) is 0 Å². The van der Waals surface area contributed by atoms with Crippen LogP contribution in [-0.2, 0) is 0 Å². The summed E-state index contributed by atoms with van der Waals surface area (Å²) in [5.74, 6) is 0.331. The molecule has 0 aliphatic carbocycles. The van der Waals surface area contributed by atoms with E-state index < -0.39 is 0 Å². The Morgan fingerprint density at radius 1 is 0.950 bits per heavy atom. The smallest absolute Gasteiger partial charge is 0.154 e. The number of pyridine rings is 1. The van der Waals surface area contributed by atoms with Crippen molar-refractivity contribution < 1.29 is 0 Å². The number of anilines is 3. The van der Waals surface area contributed by atoms with Gasteiger partial charge in [0.25, 0.3) is 0 Å². The molecule has 0 aliphatic heterocycles. The summed E-state index contributed by atoms with van der Waals surface area (Å²) in [5.41, 5.74) is 7.47. The number of hydrogen-bond acceptors (Lipinski definition) is 6. The predicted octanol–water partition coefficient (Wildman–Crippen LogP) is 2.02. The lowest BCUT2D eigenvalue weighted by molar-refractivity contribution is 1.29. The number of nitriles is 3. The Morgan fingerprint density at radius 2 is 1.65 bits per heavy atom. The van der Waals surface area contributed by atoms with Crippen molar-refractivity contribution in [3.8, 4) is 18.2 Å². The van der Waals surface area contributed by atoms with Crippen LogP contribution in [0, 0.1) is 34.0 Å². The summed E-state index contributed by atoms with van der Waals surface area (Å²) < 4.78 is 0. The minimum Gasteiger partial charge on any atom is -0.395 e. The van der Waals surface area contributed by atoms with Crippen LogP contribution in [0.15, 0.2) is 30.5 Å². The molecule has 0 radical (unpaired) electrons. The van der Waals surface area contributed by atoms with Crippen LogP contribution in [0.5, 0.6) is 0 Å². The zero-order valence-corrected chi connectivity index (χ0v) is 10.3. The Labute approximate surface area is 115 Å². The Kier molecular flexibility index (Phi) is 3.47. The summed E-state index contributed by atoms with van der Waals surface area (Å²) in [6, 6.07) is 12.1. The fourth-order valence-electron chi connectivity index (χ4n) is 1.62. The van der Waals surface area contributed by atoms with Gasteiger partial charge in [0.05, 0.1) is 22.4 Å². The molecule has 0 bridgehead atoms. The van der Waals surface area contributed by atoms with Gasteiger partial charge in [-0.2, -0.15) is 15.8 Å². The standard InChI is InChI=1S/C14H8N6/c15-6-9-1-2-12(5-11(9)8-17)20-14-13(18)10(7-16)3-4-19-14/h1-5H,18H2,(H,19,20). The second kappa shape index (κ2) is 5.39. The number of nitrogens with one attached hydrogen (secondary N) is 1.